The molecule has 10 heteroatoms. The molecule has 0 unspecified atom stereocenters. The normalized spacial score (nSPS) is 11.4. The van der Waals surface area contributed by atoms with Gasteiger partial charge in [-0.1, -0.05) is 0 Å². The summed E-state index contributed by atoms with van der Waals surface area (Å²) in [5.74, 6) is 0.294. The van der Waals surface area contributed by atoms with Crippen LogP contribution in [-0.4, -0.2) is 30.3 Å². The molecule has 7 nitrogen and oxygen atoms in total. The van der Waals surface area contributed by atoms with Crippen LogP contribution in [0.25, 0.3) is 0 Å². The fourth-order valence-electron chi connectivity index (χ4n) is 1.94. The van der Waals surface area contributed by atoms with E-state index < -0.39 is 17.6 Å². The van der Waals surface area contributed by atoms with Crippen molar-refractivity contribution in [2.45, 2.75) is 13.1 Å². The topological polar surface area (TPSA) is 98.8 Å². The van der Waals surface area contributed by atoms with E-state index in [2.05, 4.69) is 15.5 Å². The summed E-state index contributed by atoms with van der Waals surface area (Å²) in [6, 6.07) is 6.95. The highest BCUT2D eigenvalue weighted by Crippen LogP contribution is 2.29. The summed E-state index contributed by atoms with van der Waals surface area (Å²) in [5, 5.41) is 3.92. The van der Waals surface area contributed by atoms with Gasteiger partial charge >= 0.3 is 6.18 Å². The highest BCUT2D eigenvalue weighted by Gasteiger charge is 2.30. The lowest BCUT2D eigenvalue weighted by molar-refractivity contribution is -0.137. The van der Waals surface area contributed by atoms with E-state index in [-0.39, 0.29) is 12.4 Å². The van der Waals surface area contributed by atoms with Crippen LogP contribution in [0.4, 0.5) is 19.0 Å². The Morgan fingerprint density at radius 1 is 1.26 bits per heavy atom. The minimum atomic E-state index is -4.44. The summed E-state index contributed by atoms with van der Waals surface area (Å²) >= 11 is 0. The molecule has 0 radical (unpaired) electrons. The van der Waals surface area contributed by atoms with Gasteiger partial charge in [-0.05, 0) is 42.8 Å². The van der Waals surface area contributed by atoms with E-state index in [9.17, 15) is 18.0 Å². The molecule has 2 aromatic rings. The van der Waals surface area contributed by atoms with Gasteiger partial charge in [0, 0.05) is 6.20 Å². The van der Waals surface area contributed by atoms with Gasteiger partial charge in [-0.25, -0.2) is 4.98 Å². The molecule has 0 bridgehead atoms. The third kappa shape index (κ3) is 6.17. The molecular weight excluding hydrogens is 365 g/mol. The second kappa shape index (κ2) is 8.88. The molecule has 0 aliphatic rings. The zero-order valence-electron chi connectivity index (χ0n) is 14.3. The van der Waals surface area contributed by atoms with Crippen molar-refractivity contribution in [1.82, 2.24) is 4.98 Å². The van der Waals surface area contributed by atoms with Gasteiger partial charge in [-0.15, -0.1) is 0 Å². The zero-order chi connectivity index (χ0) is 19.9. The van der Waals surface area contributed by atoms with E-state index in [1.807, 2.05) is 0 Å². The number of carbonyl (C=O) groups excluding carboxylic acids is 1. The maximum atomic E-state index is 12.5. The lowest BCUT2D eigenvalue weighted by atomic mass is 10.2. The predicted octanol–water partition coefficient (Wildman–Crippen LogP) is 2.81. The second-order valence-corrected chi connectivity index (χ2v) is 5.19. The Kier molecular flexibility index (Phi) is 6.58. The smallest absolute Gasteiger partial charge is 0.417 e. The van der Waals surface area contributed by atoms with Crippen LogP contribution in [0.15, 0.2) is 41.6 Å². The van der Waals surface area contributed by atoms with Crippen molar-refractivity contribution in [2.75, 3.05) is 18.6 Å². The van der Waals surface area contributed by atoms with Crippen LogP contribution in [0.2, 0.25) is 0 Å². The van der Waals surface area contributed by atoms with Crippen molar-refractivity contribution in [1.29, 1.82) is 0 Å². The third-order valence-corrected chi connectivity index (χ3v) is 3.12. The Hall–Kier alpha value is -3.30. The van der Waals surface area contributed by atoms with Gasteiger partial charge in [-0.2, -0.15) is 18.3 Å². The van der Waals surface area contributed by atoms with Gasteiger partial charge < -0.3 is 15.2 Å². The second-order valence-electron chi connectivity index (χ2n) is 5.19. The Bertz CT molecular complexity index is 808. The average Bonchev–Trinajstić information content (AvgIpc) is 2.61. The molecule has 3 N–H and O–H groups in total. The number of amides is 1. The molecule has 27 heavy (non-hydrogen) atoms. The van der Waals surface area contributed by atoms with Gasteiger partial charge in [0.1, 0.15) is 5.82 Å². The first kappa shape index (κ1) is 20.0. The molecule has 0 spiro atoms. The number of benzene rings is 1. The minimum Gasteiger partial charge on any atom is -0.490 e. The van der Waals surface area contributed by atoms with E-state index >= 15 is 0 Å². The predicted molar refractivity (Wildman–Crippen MR) is 92.8 cm³/mol. The first-order valence-electron chi connectivity index (χ1n) is 7.80. The number of nitrogens with one attached hydrogen (secondary N) is 1. The number of aromatic nitrogens is 1. The molecule has 1 aromatic carbocycles. The number of hydrazone groups is 1. The maximum Gasteiger partial charge on any atom is 0.417 e. The fraction of sp³-hybridized carbons (Fsp3) is 0.235. The number of pyridine rings is 1. The monoisotopic (exact) mass is 382 g/mol. The number of carbonyl (C=O) groups is 1. The lowest BCUT2D eigenvalue weighted by Gasteiger charge is -2.11. The summed E-state index contributed by atoms with van der Waals surface area (Å²) in [4.78, 5) is 14.5. The molecule has 1 amide bonds. The highest BCUT2D eigenvalue weighted by molar-refractivity contribution is 5.81. The molecular formula is C17H17F3N4O3. The standard InChI is InChI=1S/C17H17F3N4O3/c1-2-26-14-7-11(3-5-13(14)27-10-15(21)25)8-23-24-16-6-4-12(9-22-16)17(18,19)20/h3-9H,2,10H2,1H3,(H2,21,25)(H,22,24)/b23-8+. The van der Waals surface area contributed by atoms with Crippen LogP contribution in [-0.2, 0) is 11.0 Å². The molecule has 1 heterocycles. The zero-order valence-corrected chi connectivity index (χ0v) is 14.3. The van der Waals surface area contributed by atoms with Crippen molar-refractivity contribution >= 4 is 17.9 Å². The summed E-state index contributed by atoms with van der Waals surface area (Å²) in [7, 11) is 0. The van der Waals surface area contributed by atoms with E-state index in [4.69, 9.17) is 15.2 Å². The Morgan fingerprint density at radius 2 is 2.04 bits per heavy atom. The lowest BCUT2D eigenvalue weighted by Crippen LogP contribution is -2.20. The molecule has 2 rings (SSSR count). The van der Waals surface area contributed by atoms with Crippen LogP contribution in [0, 0.1) is 0 Å². The number of anilines is 1. The third-order valence-electron chi connectivity index (χ3n) is 3.12. The molecule has 0 atom stereocenters. The van der Waals surface area contributed by atoms with Gasteiger partial charge in [-0.3, -0.25) is 10.2 Å². The number of alkyl halides is 3. The van der Waals surface area contributed by atoms with E-state index in [1.165, 1.54) is 12.3 Å². The quantitative estimate of drug-likeness (QED) is 0.540. The van der Waals surface area contributed by atoms with Gasteiger partial charge in [0.05, 0.1) is 18.4 Å². The number of nitrogens with zero attached hydrogens (tertiary/aromatic N) is 2. The number of halogens is 3. The summed E-state index contributed by atoms with van der Waals surface area (Å²) in [6.07, 6.45) is -2.29. The largest absolute Gasteiger partial charge is 0.490 e. The van der Waals surface area contributed by atoms with Crippen molar-refractivity contribution in [3.63, 3.8) is 0 Å². The molecule has 0 fully saturated rings. The molecule has 0 saturated carbocycles. The van der Waals surface area contributed by atoms with Crippen molar-refractivity contribution < 1.29 is 27.4 Å². The molecule has 0 saturated heterocycles. The van der Waals surface area contributed by atoms with Crippen LogP contribution in [0.1, 0.15) is 18.1 Å². The molecule has 0 aliphatic carbocycles. The maximum absolute atomic E-state index is 12.5. The van der Waals surface area contributed by atoms with Gasteiger partial charge in [0.2, 0.25) is 0 Å². The number of nitrogens with two attached hydrogens (primary N) is 1. The van der Waals surface area contributed by atoms with Gasteiger partial charge in [0.15, 0.2) is 18.1 Å². The Labute approximate surface area is 153 Å². The molecule has 1 aromatic heterocycles. The number of hydrogen-bond acceptors (Lipinski definition) is 6. The molecule has 144 valence electrons. The number of primary amides is 1. The minimum absolute atomic E-state index is 0.158. The van der Waals surface area contributed by atoms with E-state index in [1.54, 1.807) is 25.1 Å². The number of rotatable bonds is 8. The highest BCUT2D eigenvalue weighted by atomic mass is 19.4. The number of ether oxygens (including phenoxy) is 2. The summed E-state index contributed by atoms with van der Waals surface area (Å²) < 4.78 is 48.2. The van der Waals surface area contributed by atoms with E-state index in [0.717, 1.165) is 12.3 Å². The van der Waals surface area contributed by atoms with Crippen molar-refractivity contribution in [3.05, 3.63) is 47.7 Å². The summed E-state index contributed by atoms with van der Waals surface area (Å²) in [5.41, 5.74) is 7.37. The van der Waals surface area contributed by atoms with Crippen LogP contribution >= 0.6 is 0 Å². The Morgan fingerprint density at radius 3 is 2.63 bits per heavy atom. The number of hydrogen-bond donors (Lipinski definition) is 2. The van der Waals surface area contributed by atoms with Crippen LogP contribution < -0.4 is 20.6 Å². The first-order valence-corrected chi connectivity index (χ1v) is 7.80. The SMILES string of the molecule is CCOc1cc(/C=N/Nc2ccc(C(F)(F)F)cn2)ccc1OCC(N)=O. The fourth-order valence-corrected chi connectivity index (χ4v) is 1.94. The molecule has 0 aliphatic heterocycles. The first-order chi connectivity index (χ1) is 12.8. The Balaban J connectivity index is 2.05. The van der Waals surface area contributed by atoms with Crippen molar-refractivity contribution in [2.24, 2.45) is 10.8 Å². The average molecular weight is 382 g/mol. The summed E-state index contributed by atoms with van der Waals surface area (Å²) in [6.45, 7) is 1.88. The van der Waals surface area contributed by atoms with Crippen molar-refractivity contribution in [3.8, 4) is 11.5 Å². The van der Waals surface area contributed by atoms with Crippen LogP contribution in [0.5, 0.6) is 11.5 Å². The van der Waals surface area contributed by atoms with E-state index in [0.29, 0.717) is 23.7 Å². The van der Waals surface area contributed by atoms with Gasteiger partial charge in [0.25, 0.3) is 5.91 Å². The van der Waals surface area contributed by atoms with Crippen LogP contribution in [0.3, 0.4) is 0 Å².